The van der Waals surface area contributed by atoms with E-state index in [2.05, 4.69) is 5.32 Å². The molecule has 0 saturated carbocycles. The predicted octanol–water partition coefficient (Wildman–Crippen LogP) is 3.26. The van der Waals surface area contributed by atoms with E-state index in [0.717, 1.165) is 5.56 Å². The molecule has 0 aromatic heterocycles. The second kappa shape index (κ2) is 7.97. The fraction of sp³-hybridized carbons (Fsp3) is 0.556. The molecule has 2 N–H and O–H groups in total. The van der Waals surface area contributed by atoms with Crippen LogP contribution in [0.2, 0.25) is 0 Å². The van der Waals surface area contributed by atoms with Gasteiger partial charge in [0.15, 0.2) is 0 Å². The lowest BCUT2D eigenvalue weighted by Gasteiger charge is -2.28. The number of hydrogen-bond donors (Lipinski definition) is 2. The van der Waals surface area contributed by atoms with Crippen LogP contribution in [0, 0.1) is 11.3 Å². The number of carboxylic acids is 1. The maximum absolute atomic E-state index is 12.4. The molecule has 4 heteroatoms. The summed E-state index contributed by atoms with van der Waals surface area (Å²) in [5.41, 5.74) is 0.982. The minimum atomic E-state index is -0.837. The molecule has 0 aliphatic heterocycles. The maximum Gasteiger partial charge on any atom is 0.303 e. The summed E-state index contributed by atoms with van der Waals surface area (Å²) < 4.78 is 0. The van der Waals surface area contributed by atoms with Crippen LogP contribution in [0.15, 0.2) is 30.3 Å². The largest absolute Gasteiger partial charge is 0.481 e. The van der Waals surface area contributed by atoms with E-state index in [4.69, 9.17) is 5.11 Å². The highest BCUT2D eigenvalue weighted by molar-refractivity contribution is 5.79. The molecule has 1 aromatic rings. The quantitative estimate of drug-likeness (QED) is 0.812. The van der Waals surface area contributed by atoms with Crippen molar-refractivity contribution >= 4 is 11.9 Å². The number of carbonyl (C=O) groups excluding carboxylic acids is 1. The zero-order chi connectivity index (χ0) is 16.8. The van der Waals surface area contributed by atoms with Crippen LogP contribution in [0.1, 0.15) is 46.1 Å². The van der Waals surface area contributed by atoms with Crippen LogP contribution in [-0.2, 0) is 16.0 Å². The van der Waals surface area contributed by atoms with Crippen molar-refractivity contribution in [3.63, 3.8) is 0 Å². The summed E-state index contributed by atoms with van der Waals surface area (Å²) in [6.07, 6.45) is 1.14. The summed E-state index contributed by atoms with van der Waals surface area (Å²) in [5, 5.41) is 11.9. The molecule has 1 rings (SSSR count). The van der Waals surface area contributed by atoms with Crippen molar-refractivity contribution in [2.45, 2.75) is 53.0 Å². The first-order chi connectivity index (χ1) is 10.2. The van der Waals surface area contributed by atoms with Crippen LogP contribution in [-0.4, -0.2) is 23.0 Å². The Kier molecular flexibility index (Phi) is 6.60. The van der Waals surface area contributed by atoms with E-state index >= 15 is 0 Å². The summed E-state index contributed by atoms with van der Waals surface area (Å²) in [6, 6.07) is 9.67. The number of carbonyl (C=O) groups is 2. The maximum atomic E-state index is 12.4. The molecule has 0 heterocycles. The molecule has 4 nitrogen and oxygen atoms in total. The monoisotopic (exact) mass is 305 g/mol. The molecule has 122 valence electrons. The van der Waals surface area contributed by atoms with E-state index in [1.54, 1.807) is 0 Å². The number of hydrogen-bond acceptors (Lipinski definition) is 2. The van der Waals surface area contributed by atoms with Gasteiger partial charge in [-0.05, 0) is 23.8 Å². The number of rotatable bonds is 7. The second-order valence-corrected chi connectivity index (χ2v) is 6.92. The average molecular weight is 305 g/mol. The highest BCUT2D eigenvalue weighted by Gasteiger charge is 2.28. The summed E-state index contributed by atoms with van der Waals surface area (Å²) in [6.45, 7) is 7.99. The Morgan fingerprint density at radius 3 is 2.27 bits per heavy atom. The Hall–Kier alpha value is -1.84. The van der Waals surface area contributed by atoms with Crippen LogP contribution in [0.25, 0.3) is 0 Å². The van der Waals surface area contributed by atoms with Gasteiger partial charge in [0.2, 0.25) is 5.91 Å². The molecule has 1 aromatic carbocycles. The Morgan fingerprint density at radius 2 is 1.77 bits per heavy atom. The molecular formula is C18H27NO3. The summed E-state index contributed by atoms with van der Waals surface area (Å²) in [5.74, 6) is -0.981. The van der Waals surface area contributed by atoms with Gasteiger partial charge in [0, 0.05) is 18.4 Å². The van der Waals surface area contributed by atoms with Gasteiger partial charge in [0.25, 0.3) is 0 Å². The summed E-state index contributed by atoms with van der Waals surface area (Å²) in [7, 11) is 0. The van der Waals surface area contributed by atoms with Gasteiger partial charge in [0.05, 0.1) is 0 Å². The van der Waals surface area contributed by atoms with E-state index in [1.807, 2.05) is 58.0 Å². The first-order valence-corrected chi connectivity index (χ1v) is 7.76. The van der Waals surface area contributed by atoms with Crippen LogP contribution in [0.5, 0.6) is 0 Å². The van der Waals surface area contributed by atoms with Gasteiger partial charge in [-0.3, -0.25) is 9.59 Å². The average Bonchev–Trinajstić information content (AvgIpc) is 2.43. The Bertz CT molecular complexity index is 491. The molecule has 22 heavy (non-hydrogen) atoms. The zero-order valence-corrected chi connectivity index (χ0v) is 13.9. The lowest BCUT2D eigenvalue weighted by atomic mass is 9.81. The van der Waals surface area contributed by atoms with Crippen LogP contribution in [0.4, 0.5) is 0 Å². The fourth-order valence-electron chi connectivity index (χ4n) is 2.14. The SMILES string of the molecule is CC(C(=O)NC(CCC(=O)O)Cc1ccccc1)C(C)(C)C. The Morgan fingerprint density at radius 1 is 1.18 bits per heavy atom. The molecule has 0 saturated heterocycles. The Balaban J connectivity index is 2.73. The van der Waals surface area contributed by atoms with E-state index in [0.29, 0.717) is 12.8 Å². The van der Waals surface area contributed by atoms with Gasteiger partial charge in [0.1, 0.15) is 0 Å². The van der Waals surface area contributed by atoms with Crippen molar-refractivity contribution in [1.29, 1.82) is 0 Å². The highest BCUT2D eigenvalue weighted by atomic mass is 16.4. The summed E-state index contributed by atoms with van der Waals surface area (Å²) in [4.78, 5) is 23.2. The number of carboxylic acid groups (broad SMARTS) is 1. The molecule has 0 aliphatic rings. The van der Waals surface area contributed by atoms with Crippen molar-refractivity contribution in [2.24, 2.45) is 11.3 Å². The van der Waals surface area contributed by atoms with Gasteiger partial charge in [-0.25, -0.2) is 0 Å². The number of nitrogens with one attached hydrogen (secondary N) is 1. The fourth-order valence-corrected chi connectivity index (χ4v) is 2.14. The van der Waals surface area contributed by atoms with Crippen LogP contribution >= 0.6 is 0 Å². The lowest BCUT2D eigenvalue weighted by molar-refractivity contribution is -0.137. The topological polar surface area (TPSA) is 66.4 Å². The third-order valence-corrected chi connectivity index (χ3v) is 4.07. The van der Waals surface area contributed by atoms with E-state index in [1.165, 1.54) is 0 Å². The van der Waals surface area contributed by atoms with E-state index in [-0.39, 0.29) is 29.7 Å². The number of benzene rings is 1. The van der Waals surface area contributed by atoms with Crippen molar-refractivity contribution in [3.05, 3.63) is 35.9 Å². The zero-order valence-electron chi connectivity index (χ0n) is 13.9. The van der Waals surface area contributed by atoms with Gasteiger partial charge >= 0.3 is 5.97 Å². The van der Waals surface area contributed by atoms with Crippen molar-refractivity contribution in [1.82, 2.24) is 5.32 Å². The first kappa shape index (κ1) is 18.2. The van der Waals surface area contributed by atoms with Crippen LogP contribution in [0.3, 0.4) is 0 Å². The van der Waals surface area contributed by atoms with Crippen molar-refractivity contribution in [3.8, 4) is 0 Å². The molecular weight excluding hydrogens is 278 g/mol. The normalized spacial score (nSPS) is 14.2. The number of amides is 1. The molecule has 0 spiro atoms. The molecule has 0 bridgehead atoms. The molecule has 0 fully saturated rings. The minimum absolute atomic E-state index is 0.0150. The van der Waals surface area contributed by atoms with E-state index in [9.17, 15) is 9.59 Å². The van der Waals surface area contributed by atoms with Gasteiger partial charge in [-0.1, -0.05) is 58.0 Å². The second-order valence-electron chi connectivity index (χ2n) is 6.92. The van der Waals surface area contributed by atoms with E-state index < -0.39 is 5.97 Å². The molecule has 1 amide bonds. The van der Waals surface area contributed by atoms with Gasteiger partial charge in [-0.15, -0.1) is 0 Å². The standard InChI is InChI=1S/C18H27NO3/c1-13(18(2,3)4)17(22)19-15(10-11-16(20)21)12-14-8-6-5-7-9-14/h5-9,13,15H,10-12H2,1-4H3,(H,19,22)(H,20,21). The molecule has 0 aliphatic carbocycles. The third-order valence-electron chi connectivity index (χ3n) is 4.07. The van der Waals surface area contributed by atoms with Gasteiger partial charge in [-0.2, -0.15) is 0 Å². The van der Waals surface area contributed by atoms with Gasteiger partial charge < -0.3 is 10.4 Å². The predicted molar refractivity (Wildman–Crippen MR) is 87.6 cm³/mol. The molecule has 2 unspecified atom stereocenters. The lowest BCUT2D eigenvalue weighted by Crippen LogP contribution is -2.43. The first-order valence-electron chi connectivity index (χ1n) is 7.76. The summed E-state index contributed by atoms with van der Waals surface area (Å²) >= 11 is 0. The smallest absolute Gasteiger partial charge is 0.303 e. The molecule has 2 atom stereocenters. The third kappa shape index (κ3) is 6.29. The highest BCUT2D eigenvalue weighted by Crippen LogP contribution is 2.25. The molecule has 0 radical (unpaired) electrons. The van der Waals surface area contributed by atoms with Crippen molar-refractivity contribution < 1.29 is 14.7 Å². The van der Waals surface area contributed by atoms with Crippen LogP contribution < -0.4 is 5.32 Å². The Labute approximate surface area is 132 Å². The minimum Gasteiger partial charge on any atom is -0.481 e. The van der Waals surface area contributed by atoms with Crippen molar-refractivity contribution in [2.75, 3.05) is 0 Å². The number of aliphatic carboxylic acids is 1.